The Morgan fingerprint density at radius 3 is 2.59 bits per heavy atom. The third-order valence-corrected chi connectivity index (χ3v) is 10.5. The topological polar surface area (TPSA) is 84.1 Å². The first-order chi connectivity index (χ1) is 24.9. The van der Waals surface area contributed by atoms with Crippen LogP contribution in [0, 0.1) is 5.82 Å². The van der Waals surface area contributed by atoms with Gasteiger partial charge in [0, 0.05) is 59.3 Å². The van der Waals surface area contributed by atoms with Gasteiger partial charge in [-0.3, -0.25) is 4.68 Å². The summed E-state index contributed by atoms with van der Waals surface area (Å²) in [5, 5.41) is 7.51. The van der Waals surface area contributed by atoms with Gasteiger partial charge in [-0.2, -0.15) is 16.9 Å². The zero-order chi connectivity index (χ0) is 35.9. The highest BCUT2D eigenvalue weighted by molar-refractivity contribution is 7.98. The molecule has 6 aromatic rings. The highest BCUT2D eigenvalue weighted by Crippen LogP contribution is 2.38. The van der Waals surface area contributed by atoms with Crippen LogP contribution in [0.25, 0.3) is 32.8 Å². The zero-order valence-corrected chi connectivity index (χ0v) is 31.0. The molecular formula is C41H46FN5O3S. The first kappa shape index (κ1) is 36.1. The summed E-state index contributed by atoms with van der Waals surface area (Å²) in [6.45, 7) is 7.23. The van der Waals surface area contributed by atoms with E-state index in [0.717, 1.165) is 98.3 Å². The minimum Gasteiger partial charge on any atom is -0.493 e. The van der Waals surface area contributed by atoms with E-state index in [1.807, 2.05) is 49.7 Å². The minimum atomic E-state index is -0.350. The Morgan fingerprint density at radius 1 is 1.00 bits per heavy atom. The van der Waals surface area contributed by atoms with E-state index in [1.54, 1.807) is 12.1 Å². The number of fused-ring (bicyclic) bond motifs is 11. The number of carbonyl (C=O) groups is 1. The minimum absolute atomic E-state index is 0.273. The van der Waals surface area contributed by atoms with Gasteiger partial charge in [-0.1, -0.05) is 39.0 Å². The fraction of sp³-hybridized carbons (Fsp3) is 0.366. The lowest BCUT2D eigenvalue weighted by molar-refractivity contribution is 0.0587. The summed E-state index contributed by atoms with van der Waals surface area (Å²) in [7, 11) is 3.44. The molecule has 0 fully saturated rings. The Morgan fingerprint density at radius 2 is 1.80 bits per heavy atom. The van der Waals surface area contributed by atoms with Crippen LogP contribution in [0.4, 0.5) is 4.39 Å². The molecule has 6 bridgehead atoms. The molecule has 4 heterocycles. The molecule has 0 saturated carbocycles. The number of thioether (sulfide) groups is 1. The number of rotatable bonds is 3. The molecule has 0 saturated heterocycles. The van der Waals surface area contributed by atoms with Gasteiger partial charge in [-0.05, 0) is 96.7 Å². The largest absolute Gasteiger partial charge is 0.493 e. The summed E-state index contributed by atoms with van der Waals surface area (Å²) in [5.74, 6) is 1.82. The van der Waals surface area contributed by atoms with E-state index < -0.39 is 0 Å². The molecule has 266 valence electrons. The second-order valence-corrected chi connectivity index (χ2v) is 13.6. The number of aromatic nitrogens is 5. The Bertz CT molecular complexity index is 2140. The third kappa shape index (κ3) is 7.66. The number of nitrogens with zero attached hydrogens (tertiary/aromatic N) is 5. The molecule has 0 amide bonds. The van der Waals surface area contributed by atoms with Crippen molar-refractivity contribution < 1.29 is 18.7 Å². The van der Waals surface area contributed by atoms with Crippen molar-refractivity contribution >= 4 is 39.4 Å². The Hall–Kier alpha value is -4.70. The molecule has 0 spiro atoms. The average molecular weight is 708 g/mol. The monoisotopic (exact) mass is 707 g/mol. The maximum absolute atomic E-state index is 14.4. The molecule has 0 aliphatic carbocycles. The number of hydrogen-bond acceptors (Lipinski definition) is 7. The van der Waals surface area contributed by atoms with Gasteiger partial charge in [0.1, 0.15) is 23.6 Å². The van der Waals surface area contributed by atoms with E-state index in [1.165, 1.54) is 25.1 Å². The van der Waals surface area contributed by atoms with Crippen LogP contribution in [0.15, 0.2) is 67.3 Å². The summed E-state index contributed by atoms with van der Waals surface area (Å²) in [6, 6.07) is 15.5. The van der Waals surface area contributed by atoms with E-state index in [-0.39, 0.29) is 11.8 Å². The van der Waals surface area contributed by atoms with Crippen molar-refractivity contribution in [1.29, 1.82) is 0 Å². The molecule has 1 aliphatic heterocycles. The van der Waals surface area contributed by atoms with Gasteiger partial charge < -0.3 is 14.0 Å². The Balaban J connectivity index is 0.00000220. The van der Waals surface area contributed by atoms with Gasteiger partial charge in [0.25, 0.3) is 0 Å². The van der Waals surface area contributed by atoms with E-state index in [0.29, 0.717) is 31.7 Å². The van der Waals surface area contributed by atoms with E-state index in [4.69, 9.17) is 14.6 Å². The van der Waals surface area contributed by atoms with Crippen LogP contribution in [0.5, 0.6) is 5.75 Å². The second kappa shape index (κ2) is 16.5. The fourth-order valence-electron chi connectivity index (χ4n) is 7.12. The number of esters is 1. The van der Waals surface area contributed by atoms with Crippen LogP contribution in [0.3, 0.4) is 0 Å². The molecule has 0 N–H and O–H groups in total. The van der Waals surface area contributed by atoms with Crippen molar-refractivity contribution in [2.45, 2.75) is 71.6 Å². The van der Waals surface area contributed by atoms with Crippen molar-refractivity contribution in [2.75, 3.05) is 19.5 Å². The molecule has 7 rings (SSSR count). The Labute approximate surface area is 303 Å². The Kier molecular flexibility index (Phi) is 11.7. The smallest absolute Gasteiger partial charge is 0.354 e. The van der Waals surface area contributed by atoms with Crippen molar-refractivity contribution in [3.63, 3.8) is 0 Å². The number of aryl methyl sites for hydroxylation is 6. The van der Waals surface area contributed by atoms with Crippen LogP contribution in [-0.2, 0) is 49.8 Å². The van der Waals surface area contributed by atoms with Gasteiger partial charge >= 0.3 is 5.97 Å². The molecule has 3 aromatic carbocycles. The molecule has 51 heavy (non-hydrogen) atoms. The van der Waals surface area contributed by atoms with Crippen molar-refractivity contribution in [3.05, 3.63) is 107 Å². The number of carbonyl (C=O) groups excluding carboxylic acids is 1. The number of ether oxygens (including phenoxy) is 2. The normalized spacial score (nSPS) is 14.0. The number of benzene rings is 3. The van der Waals surface area contributed by atoms with E-state index in [2.05, 4.69) is 51.8 Å². The van der Waals surface area contributed by atoms with E-state index in [9.17, 15) is 9.18 Å². The maximum atomic E-state index is 14.4. The summed E-state index contributed by atoms with van der Waals surface area (Å²) in [6.07, 6.45) is 9.80. The quantitative estimate of drug-likeness (QED) is 0.170. The lowest BCUT2D eigenvalue weighted by Crippen LogP contribution is -2.14. The summed E-state index contributed by atoms with van der Waals surface area (Å²) >= 11 is 1.85. The SMILES string of the molecule is CC.CCc1ccc2c3c(C(=O)OC)n(c2c1-c1cncnc1)CCCSCc1cc(n(C)n1)CCc1cc(c2ccc(F)cc2c1)OCCC3. The fourth-order valence-corrected chi connectivity index (χ4v) is 7.95. The molecule has 0 unspecified atom stereocenters. The molecule has 0 atom stereocenters. The van der Waals surface area contributed by atoms with E-state index >= 15 is 0 Å². The van der Waals surface area contributed by atoms with Gasteiger partial charge in [-0.15, -0.1) is 0 Å². The van der Waals surface area contributed by atoms with Gasteiger partial charge in [0.2, 0.25) is 0 Å². The summed E-state index contributed by atoms with van der Waals surface area (Å²) < 4.78 is 30.4. The number of methoxy groups -OCH3 is 1. The average Bonchev–Trinajstić information content (AvgIpc) is 3.67. The van der Waals surface area contributed by atoms with Crippen molar-refractivity contribution in [1.82, 2.24) is 24.3 Å². The van der Waals surface area contributed by atoms with Crippen molar-refractivity contribution in [3.8, 4) is 16.9 Å². The predicted octanol–water partition coefficient (Wildman–Crippen LogP) is 8.93. The standard InChI is InChI=1S/C39H40FN5O3S.C2H6/c1-4-26-9-12-34-33-7-5-15-48-35-18-25(17-27-19-29(40)10-13-32(27)35)8-11-31-20-30(43-44(31)2)23-49-16-6-14-45(38(33)39(46)47-3)37(34)36(26)28-21-41-24-42-22-28;1-2/h9-10,12-13,17-22,24H,4-8,11,14-16,23H2,1-3H3;1-2H3. The lowest BCUT2D eigenvalue weighted by Gasteiger charge is -2.15. The predicted molar refractivity (Wildman–Crippen MR) is 204 cm³/mol. The maximum Gasteiger partial charge on any atom is 0.354 e. The lowest BCUT2D eigenvalue weighted by atomic mass is 9.95. The molecule has 3 aromatic heterocycles. The molecule has 8 nitrogen and oxygen atoms in total. The first-order valence-electron chi connectivity index (χ1n) is 17.9. The molecule has 0 radical (unpaired) electrons. The van der Waals surface area contributed by atoms with Crippen LogP contribution in [0.1, 0.15) is 72.2 Å². The van der Waals surface area contributed by atoms with Crippen LogP contribution in [-0.4, -0.2) is 49.8 Å². The van der Waals surface area contributed by atoms with Crippen LogP contribution in [0.2, 0.25) is 0 Å². The first-order valence-corrected chi connectivity index (χ1v) is 19.1. The van der Waals surface area contributed by atoms with Gasteiger partial charge in [0.15, 0.2) is 0 Å². The van der Waals surface area contributed by atoms with Crippen LogP contribution >= 0.6 is 11.8 Å². The number of hydrogen-bond donors (Lipinski definition) is 0. The third-order valence-electron chi connectivity index (χ3n) is 9.41. The highest BCUT2D eigenvalue weighted by atomic mass is 32.2. The van der Waals surface area contributed by atoms with Crippen molar-refractivity contribution in [2.24, 2.45) is 7.05 Å². The summed E-state index contributed by atoms with van der Waals surface area (Å²) in [5.41, 5.74) is 8.97. The molecular weight excluding hydrogens is 662 g/mol. The highest BCUT2D eigenvalue weighted by Gasteiger charge is 2.26. The molecule has 1 aliphatic rings. The van der Waals surface area contributed by atoms with Gasteiger partial charge in [0.05, 0.1) is 24.9 Å². The number of halogens is 1. The zero-order valence-electron chi connectivity index (χ0n) is 30.2. The van der Waals surface area contributed by atoms with Gasteiger partial charge in [-0.25, -0.2) is 19.2 Å². The summed E-state index contributed by atoms with van der Waals surface area (Å²) in [4.78, 5) is 22.3. The van der Waals surface area contributed by atoms with Crippen LogP contribution < -0.4 is 4.74 Å². The molecule has 10 heteroatoms. The second-order valence-electron chi connectivity index (χ2n) is 12.5.